The SMILES string of the molecule is CCc1c(Cl)ncnc1N1CCN2C(=O)CCC2C1. The second-order valence-electron chi connectivity index (χ2n) is 5.05. The van der Waals surface area contributed by atoms with Crippen LogP contribution in [0.15, 0.2) is 6.33 Å². The van der Waals surface area contributed by atoms with Crippen LogP contribution in [0.1, 0.15) is 25.3 Å². The summed E-state index contributed by atoms with van der Waals surface area (Å²) >= 11 is 6.14. The highest BCUT2D eigenvalue weighted by atomic mass is 35.5. The monoisotopic (exact) mass is 280 g/mol. The van der Waals surface area contributed by atoms with Gasteiger partial charge in [0.1, 0.15) is 17.3 Å². The van der Waals surface area contributed by atoms with Crippen LogP contribution in [0.25, 0.3) is 0 Å². The van der Waals surface area contributed by atoms with Gasteiger partial charge in [0.2, 0.25) is 5.91 Å². The zero-order valence-corrected chi connectivity index (χ0v) is 11.7. The van der Waals surface area contributed by atoms with Crippen LogP contribution in [0.4, 0.5) is 5.82 Å². The normalized spacial score (nSPS) is 22.8. The lowest BCUT2D eigenvalue weighted by atomic mass is 10.1. The molecule has 0 N–H and O–H groups in total. The number of amides is 1. The van der Waals surface area contributed by atoms with Gasteiger partial charge in [0.25, 0.3) is 0 Å². The van der Waals surface area contributed by atoms with E-state index in [4.69, 9.17) is 11.6 Å². The topological polar surface area (TPSA) is 49.3 Å². The van der Waals surface area contributed by atoms with Crippen molar-refractivity contribution in [3.63, 3.8) is 0 Å². The number of hydrogen-bond acceptors (Lipinski definition) is 4. The van der Waals surface area contributed by atoms with E-state index in [-0.39, 0.29) is 0 Å². The van der Waals surface area contributed by atoms with E-state index in [1.54, 1.807) is 0 Å². The minimum absolute atomic E-state index is 0.293. The maximum atomic E-state index is 11.7. The summed E-state index contributed by atoms with van der Waals surface area (Å²) in [5.41, 5.74) is 1.00. The highest BCUT2D eigenvalue weighted by Crippen LogP contribution is 2.29. The van der Waals surface area contributed by atoms with Gasteiger partial charge in [-0.25, -0.2) is 9.97 Å². The number of aromatic nitrogens is 2. The molecule has 1 aromatic heterocycles. The van der Waals surface area contributed by atoms with Crippen molar-refractivity contribution in [2.45, 2.75) is 32.2 Å². The Morgan fingerprint density at radius 3 is 3.05 bits per heavy atom. The van der Waals surface area contributed by atoms with Crippen molar-refractivity contribution < 1.29 is 4.79 Å². The highest BCUT2D eigenvalue weighted by Gasteiger charge is 2.36. The van der Waals surface area contributed by atoms with Crippen LogP contribution in [-0.2, 0) is 11.2 Å². The molecule has 6 heteroatoms. The van der Waals surface area contributed by atoms with Crippen LogP contribution in [0.3, 0.4) is 0 Å². The van der Waals surface area contributed by atoms with E-state index in [1.807, 2.05) is 4.90 Å². The standard InChI is InChI=1S/C13H17ClN4O/c1-2-10-12(14)15-8-16-13(10)17-5-6-18-9(7-17)3-4-11(18)19/h8-9H,2-7H2,1H3. The van der Waals surface area contributed by atoms with Gasteiger partial charge in [-0.2, -0.15) is 0 Å². The molecule has 0 spiro atoms. The number of carbonyl (C=O) groups is 1. The lowest BCUT2D eigenvalue weighted by Crippen LogP contribution is -2.52. The first-order valence-corrected chi connectivity index (χ1v) is 7.12. The molecule has 5 nitrogen and oxygen atoms in total. The lowest BCUT2D eigenvalue weighted by Gasteiger charge is -2.38. The predicted octanol–water partition coefficient (Wildman–Crippen LogP) is 1.50. The Morgan fingerprint density at radius 1 is 1.42 bits per heavy atom. The predicted molar refractivity (Wildman–Crippen MR) is 73.4 cm³/mol. The van der Waals surface area contributed by atoms with Gasteiger partial charge in [-0.05, 0) is 12.8 Å². The van der Waals surface area contributed by atoms with E-state index in [0.29, 0.717) is 23.5 Å². The van der Waals surface area contributed by atoms with Crippen LogP contribution in [0, 0.1) is 0 Å². The molecule has 2 saturated heterocycles. The van der Waals surface area contributed by atoms with Crippen LogP contribution < -0.4 is 4.90 Å². The molecule has 3 rings (SSSR count). The highest BCUT2D eigenvalue weighted by molar-refractivity contribution is 6.30. The number of halogens is 1. The third-order valence-electron chi connectivity index (χ3n) is 4.02. The van der Waals surface area contributed by atoms with Gasteiger partial charge in [0.15, 0.2) is 0 Å². The second-order valence-corrected chi connectivity index (χ2v) is 5.40. The summed E-state index contributed by atoms with van der Waals surface area (Å²) in [6.45, 7) is 4.52. The van der Waals surface area contributed by atoms with Crippen LogP contribution in [0.2, 0.25) is 5.15 Å². The Balaban J connectivity index is 1.84. The molecule has 2 fully saturated rings. The maximum Gasteiger partial charge on any atom is 0.223 e. The van der Waals surface area contributed by atoms with Gasteiger partial charge in [0, 0.05) is 37.7 Å². The summed E-state index contributed by atoms with van der Waals surface area (Å²) in [6.07, 6.45) is 3.97. The zero-order chi connectivity index (χ0) is 13.4. The third-order valence-corrected chi connectivity index (χ3v) is 4.34. The second kappa shape index (κ2) is 4.96. The van der Waals surface area contributed by atoms with E-state index in [2.05, 4.69) is 21.8 Å². The Hall–Kier alpha value is -1.36. The summed E-state index contributed by atoms with van der Waals surface area (Å²) in [7, 11) is 0. The molecule has 1 unspecified atom stereocenters. The largest absolute Gasteiger partial charge is 0.352 e. The average Bonchev–Trinajstić information content (AvgIpc) is 2.79. The summed E-state index contributed by atoms with van der Waals surface area (Å²) in [4.78, 5) is 24.4. The number of carbonyl (C=O) groups excluding carboxylic acids is 1. The maximum absolute atomic E-state index is 11.7. The van der Waals surface area contributed by atoms with Crippen LogP contribution in [-0.4, -0.2) is 46.5 Å². The van der Waals surface area contributed by atoms with Crippen molar-refractivity contribution in [3.8, 4) is 0 Å². The molecule has 2 aliphatic rings. The minimum Gasteiger partial charge on any atom is -0.352 e. The molecular weight excluding hydrogens is 264 g/mol. The molecule has 19 heavy (non-hydrogen) atoms. The Kier molecular flexibility index (Phi) is 3.31. The average molecular weight is 281 g/mol. The Morgan fingerprint density at radius 2 is 2.26 bits per heavy atom. The lowest BCUT2D eigenvalue weighted by molar-refractivity contribution is -0.129. The number of nitrogens with zero attached hydrogens (tertiary/aromatic N) is 4. The fraction of sp³-hybridized carbons (Fsp3) is 0.615. The van der Waals surface area contributed by atoms with Gasteiger partial charge in [0.05, 0.1) is 0 Å². The number of rotatable bonds is 2. The Labute approximate surface area is 117 Å². The van der Waals surface area contributed by atoms with Crippen molar-refractivity contribution in [2.24, 2.45) is 0 Å². The molecular formula is C13H17ClN4O. The zero-order valence-electron chi connectivity index (χ0n) is 11.0. The first-order chi connectivity index (χ1) is 9.20. The van der Waals surface area contributed by atoms with E-state index >= 15 is 0 Å². The molecule has 0 bridgehead atoms. The number of anilines is 1. The van der Waals surface area contributed by atoms with E-state index in [0.717, 1.165) is 43.9 Å². The van der Waals surface area contributed by atoms with Gasteiger partial charge in [-0.15, -0.1) is 0 Å². The third kappa shape index (κ3) is 2.16. The summed E-state index contributed by atoms with van der Waals surface area (Å²) in [5, 5.41) is 0.539. The van der Waals surface area contributed by atoms with Crippen LogP contribution >= 0.6 is 11.6 Å². The van der Waals surface area contributed by atoms with E-state index in [1.165, 1.54) is 6.33 Å². The van der Waals surface area contributed by atoms with Crippen LogP contribution in [0.5, 0.6) is 0 Å². The molecule has 1 atom stereocenters. The van der Waals surface area contributed by atoms with Gasteiger partial charge < -0.3 is 9.80 Å². The summed E-state index contributed by atoms with van der Waals surface area (Å²) in [5.74, 6) is 1.22. The first kappa shape index (κ1) is 12.7. The number of hydrogen-bond donors (Lipinski definition) is 0. The minimum atomic E-state index is 0.293. The Bertz CT molecular complexity index is 507. The molecule has 0 radical (unpaired) electrons. The van der Waals surface area contributed by atoms with Gasteiger partial charge >= 0.3 is 0 Å². The molecule has 1 aromatic rings. The van der Waals surface area contributed by atoms with Crippen molar-refractivity contribution in [1.82, 2.24) is 14.9 Å². The summed E-state index contributed by atoms with van der Waals surface area (Å²) in [6, 6.07) is 0.333. The molecule has 0 saturated carbocycles. The molecule has 1 amide bonds. The molecule has 3 heterocycles. The smallest absolute Gasteiger partial charge is 0.223 e. The fourth-order valence-electron chi connectivity index (χ4n) is 3.02. The molecule has 102 valence electrons. The molecule has 0 aliphatic carbocycles. The summed E-state index contributed by atoms with van der Waals surface area (Å²) < 4.78 is 0. The quantitative estimate of drug-likeness (QED) is 0.771. The van der Waals surface area contributed by atoms with Gasteiger partial charge in [-0.1, -0.05) is 18.5 Å². The fourth-order valence-corrected chi connectivity index (χ4v) is 3.28. The van der Waals surface area contributed by atoms with E-state index in [9.17, 15) is 4.79 Å². The van der Waals surface area contributed by atoms with Crippen molar-refractivity contribution in [3.05, 3.63) is 17.0 Å². The molecule has 2 aliphatic heterocycles. The van der Waals surface area contributed by atoms with E-state index < -0.39 is 0 Å². The van der Waals surface area contributed by atoms with Crippen molar-refractivity contribution in [2.75, 3.05) is 24.5 Å². The van der Waals surface area contributed by atoms with Crippen molar-refractivity contribution in [1.29, 1.82) is 0 Å². The first-order valence-electron chi connectivity index (χ1n) is 6.74. The molecule has 0 aromatic carbocycles. The van der Waals surface area contributed by atoms with Crippen molar-refractivity contribution >= 4 is 23.3 Å². The number of fused-ring (bicyclic) bond motifs is 1. The number of piperazine rings is 1. The van der Waals surface area contributed by atoms with Gasteiger partial charge in [-0.3, -0.25) is 4.79 Å².